The molecule has 0 aromatic carbocycles. The van der Waals surface area contributed by atoms with E-state index in [2.05, 4.69) is 31.3 Å². The molecule has 1 saturated heterocycles. The van der Waals surface area contributed by atoms with Gasteiger partial charge in [0.1, 0.15) is 24.4 Å². The molecular weight excluding hydrogens is 682 g/mol. The monoisotopic (exact) mass is 770 g/mol. The first-order chi connectivity index (χ1) is 26.3. The van der Waals surface area contributed by atoms with Crippen LogP contribution in [0.25, 0.3) is 0 Å². The van der Waals surface area contributed by atoms with Crippen molar-refractivity contribution in [3.8, 4) is 0 Å². The average molecular weight is 770 g/mol. The van der Waals surface area contributed by atoms with Crippen LogP contribution in [0.5, 0.6) is 0 Å². The van der Waals surface area contributed by atoms with E-state index in [9.17, 15) is 30.3 Å². The van der Waals surface area contributed by atoms with Crippen molar-refractivity contribution in [1.82, 2.24) is 5.32 Å². The number of unbranched alkanes of at least 4 members (excludes halogenated alkanes) is 26. The maximum atomic E-state index is 12.9. The second-order valence-electron chi connectivity index (χ2n) is 16.2. The Balaban J connectivity index is 2.25. The van der Waals surface area contributed by atoms with Crippen LogP contribution in [0.3, 0.4) is 0 Å². The summed E-state index contributed by atoms with van der Waals surface area (Å²) >= 11 is 0. The van der Waals surface area contributed by atoms with Gasteiger partial charge in [0.15, 0.2) is 6.29 Å². The van der Waals surface area contributed by atoms with Gasteiger partial charge < -0.3 is 40.3 Å². The number of carbonyl (C=O) groups excluding carboxylic acids is 1. The number of allylic oxidation sites excluding steroid dienone is 2. The standard InChI is InChI=1S/C45H87NO8/c1-3-5-7-9-11-13-14-15-16-17-18-19-20-21-22-23-24-25-27-28-30-32-34-39(48)38(37-53-45-44(52)43(51)42(50)40(36-47)54-45)46-41(49)35-33-31-29-26-12-10-8-6-4-2/h26,29,38-40,42-45,47-48,50-52H,3-25,27-28,30-37H2,1-2H3,(H,46,49)/b29-26-. The minimum absolute atomic E-state index is 0.146. The summed E-state index contributed by atoms with van der Waals surface area (Å²) < 4.78 is 11.2. The molecule has 6 N–H and O–H groups in total. The van der Waals surface area contributed by atoms with Gasteiger partial charge in [-0.2, -0.15) is 0 Å². The molecule has 7 unspecified atom stereocenters. The van der Waals surface area contributed by atoms with E-state index in [0.717, 1.165) is 32.1 Å². The molecular formula is C45H87NO8. The molecule has 54 heavy (non-hydrogen) atoms. The maximum absolute atomic E-state index is 12.9. The molecule has 1 rings (SSSR count). The van der Waals surface area contributed by atoms with E-state index < -0.39 is 49.5 Å². The molecule has 1 heterocycles. The van der Waals surface area contributed by atoms with Crippen LogP contribution in [0.1, 0.15) is 213 Å². The highest BCUT2D eigenvalue weighted by Gasteiger charge is 2.44. The van der Waals surface area contributed by atoms with Crippen LogP contribution in [0.2, 0.25) is 0 Å². The van der Waals surface area contributed by atoms with Crippen molar-refractivity contribution >= 4 is 5.91 Å². The number of aliphatic hydroxyl groups is 5. The smallest absolute Gasteiger partial charge is 0.220 e. The molecule has 9 nitrogen and oxygen atoms in total. The normalized spacial score (nSPS) is 21.5. The zero-order valence-corrected chi connectivity index (χ0v) is 35.0. The molecule has 1 aliphatic rings. The first-order valence-corrected chi connectivity index (χ1v) is 22.9. The molecule has 1 fully saturated rings. The molecule has 0 bridgehead atoms. The molecule has 0 spiro atoms. The fraction of sp³-hybridized carbons (Fsp3) is 0.933. The average Bonchev–Trinajstić information content (AvgIpc) is 3.17. The third-order valence-corrected chi connectivity index (χ3v) is 11.1. The van der Waals surface area contributed by atoms with Gasteiger partial charge in [-0.3, -0.25) is 4.79 Å². The Morgan fingerprint density at radius 1 is 0.611 bits per heavy atom. The van der Waals surface area contributed by atoms with Crippen molar-refractivity contribution in [3.05, 3.63) is 12.2 Å². The molecule has 9 heteroatoms. The Hall–Kier alpha value is -1.07. The van der Waals surface area contributed by atoms with E-state index in [0.29, 0.717) is 19.3 Å². The van der Waals surface area contributed by atoms with Crippen LogP contribution in [-0.2, 0) is 14.3 Å². The quantitative estimate of drug-likeness (QED) is 0.0269. The van der Waals surface area contributed by atoms with Gasteiger partial charge in [0.05, 0.1) is 25.4 Å². The van der Waals surface area contributed by atoms with E-state index in [1.807, 2.05) is 0 Å². The fourth-order valence-electron chi connectivity index (χ4n) is 7.40. The zero-order valence-electron chi connectivity index (χ0n) is 35.0. The molecule has 0 radical (unpaired) electrons. The van der Waals surface area contributed by atoms with E-state index in [4.69, 9.17) is 9.47 Å². The Kier molecular flexibility index (Phi) is 34.2. The minimum atomic E-state index is -1.55. The number of aliphatic hydroxyl groups excluding tert-OH is 5. The lowest BCUT2D eigenvalue weighted by atomic mass is 9.99. The topological polar surface area (TPSA) is 149 Å². The van der Waals surface area contributed by atoms with E-state index in [1.165, 1.54) is 148 Å². The molecule has 0 aromatic rings. The van der Waals surface area contributed by atoms with Crippen LogP contribution in [0.4, 0.5) is 0 Å². The van der Waals surface area contributed by atoms with Crippen LogP contribution >= 0.6 is 0 Å². The molecule has 320 valence electrons. The van der Waals surface area contributed by atoms with Crippen LogP contribution in [-0.4, -0.2) is 87.5 Å². The summed E-state index contributed by atoms with van der Waals surface area (Å²) in [5.41, 5.74) is 0. The van der Waals surface area contributed by atoms with Gasteiger partial charge in [0.2, 0.25) is 5.91 Å². The number of hydrogen-bond acceptors (Lipinski definition) is 8. The van der Waals surface area contributed by atoms with E-state index >= 15 is 0 Å². The second kappa shape index (κ2) is 36.3. The van der Waals surface area contributed by atoms with Crippen LogP contribution in [0.15, 0.2) is 12.2 Å². The number of rotatable bonds is 38. The molecule has 0 aromatic heterocycles. The number of nitrogens with one attached hydrogen (secondary N) is 1. The van der Waals surface area contributed by atoms with E-state index in [1.54, 1.807) is 0 Å². The number of carbonyl (C=O) groups is 1. The number of ether oxygens (including phenoxy) is 2. The zero-order chi connectivity index (χ0) is 39.5. The molecule has 1 amide bonds. The van der Waals surface area contributed by atoms with Crippen molar-refractivity contribution < 1.29 is 39.8 Å². The summed E-state index contributed by atoms with van der Waals surface area (Å²) in [6.45, 7) is 3.78. The van der Waals surface area contributed by atoms with Gasteiger partial charge in [-0.1, -0.05) is 187 Å². The van der Waals surface area contributed by atoms with Crippen molar-refractivity contribution in [1.29, 1.82) is 0 Å². The van der Waals surface area contributed by atoms with Crippen LogP contribution < -0.4 is 5.32 Å². The highest BCUT2D eigenvalue weighted by molar-refractivity contribution is 5.76. The van der Waals surface area contributed by atoms with Gasteiger partial charge in [-0.05, 0) is 32.1 Å². The summed E-state index contributed by atoms with van der Waals surface area (Å²) in [6.07, 6.45) is 33.9. The minimum Gasteiger partial charge on any atom is -0.394 e. The Bertz CT molecular complexity index is 858. The fourth-order valence-corrected chi connectivity index (χ4v) is 7.40. The third kappa shape index (κ3) is 26.7. The summed E-state index contributed by atoms with van der Waals surface area (Å²) in [5, 5.41) is 54.2. The lowest BCUT2D eigenvalue weighted by molar-refractivity contribution is -0.302. The largest absolute Gasteiger partial charge is 0.394 e. The Morgan fingerprint density at radius 3 is 1.50 bits per heavy atom. The summed E-state index contributed by atoms with van der Waals surface area (Å²) in [5.74, 6) is -0.179. The maximum Gasteiger partial charge on any atom is 0.220 e. The Morgan fingerprint density at radius 2 is 1.04 bits per heavy atom. The molecule has 1 aliphatic heterocycles. The highest BCUT2D eigenvalue weighted by Crippen LogP contribution is 2.23. The van der Waals surface area contributed by atoms with Crippen molar-refractivity contribution in [2.24, 2.45) is 0 Å². The number of amides is 1. The van der Waals surface area contributed by atoms with Gasteiger partial charge in [-0.25, -0.2) is 0 Å². The van der Waals surface area contributed by atoms with Crippen LogP contribution in [0, 0.1) is 0 Å². The van der Waals surface area contributed by atoms with Gasteiger partial charge in [0.25, 0.3) is 0 Å². The van der Waals surface area contributed by atoms with Crippen molar-refractivity contribution in [2.75, 3.05) is 13.2 Å². The van der Waals surface area contributed by atoms with Gasteiger partial charge >= 0.3 is 0 Å². The summed E-state index contributed by atoms with van der Waals surface area (Å²) in [7, 11) is 0. The predicted molar refractivity (Wildman–Crippen MR) is 221 cm³/mol. The number of hydrogen-bond donors (Lipinski definition) is 6. The first kappa shape index (κ1) is 50.9. The molecule has 0 saturated carbocycles. The molecule has 0 aliphatic carbocycles. The van der Waals surface area contributed by atoms with Gasteiger partial charge in [-0.15, -0.1) is 0 Å². The Labute approximate surface area is 331 Å². The lowest BCUT2D eigenvalue weighted by Crippen LogP contribution is -2.60. The third-order valence-electron chi connectivity index (χ3n) is 11.1. The first-order valence-electron chi connectivity index (χ1n) is 22.9. The SMILES string of the molecule is CCCCCC/C=C\CCCC(=O)NC(COC1OC(CO)C(O)C(O)C1O)C(O)CCCCCCCCCCCCCCCCCCCCCCCC. The summed E-state index contributed by atoms with van der Waals surface area (Å²) in [4.78, 5) is 12.9. The van der Waals surface area contributed by atoms with Crippen molar-refractivity contribution in [2.45, 2.75) is 256 Å². The lowest BCUT2D eigenvalue weighted by Gasteiger charge is -2.40. The van der Waals surface area contributed by atoms with E-state index in [-0.39, 0.29) is 12.5 Å². The highest BCUT2D eigenvalue weighted by atomic mass is 16.7. The molecule has 7 atom stereocenters. The predicted octanol–water partition coefficient (Wildman–Crippen LogP) is 9.34. The summed E-state index contributed by atoms with van der Waals surface area (Å²) in [6, 6.07) is -0.728. The second-order valence-corrected chi connectivity index (χ2v) is 16.2. The van der Waals surface area contributed by atoms with Gasteiger partial charge in [0, 0.05) is 6.42 Å². The van der Waals surface area contributed by atoms with Crippen molar-refractivity contribution in [3.63, 3.8) is 0 Å².